The smallest absolute Gasteiger partial charge is 0.323 e. The van der Waals surface area contributed by atoms with E-state index in [0.29, 0.717) is 6.42 Å². The molecule has 0 saturated heterocycles. The third-order valence-corrected chi connectivity index (χ3v) is 4.46. The van der Waals surface area contributed by atoms with Crippen LogP contribution in [0.3, 0.4) is 0 Å². The molecular formula is C19H24O4. The zero-order valence-corrected chi connectivity index (χ0v) is 14.0. The van der Waals surface area contributed by atoms with Crippen molar-refractivity contribution in [2.75, 3.05) is 14.2 Å². The fraction of sp³-hybridized carbons (Fsp3) is 0.474. The van der Waals surface area contributed by atoms with Crippen LogP contribution in [0.4, 0.5) is 0 Å². The number of rotatable bonds is 7. The molecule has 1 atom stereocenters. The molecular weight excluding hydrogens is 292 g/mol. The first-order chi connectivity index (χ1) is 11.1. The Bertz CT molecular complexity index is 573. The molecule has 1 aliphatic rings. The lowest BCUT2D eigenvalue weighted by Crippen LogP contribution is -2.30. The van der Waals surface area contributed by atoms with Gasteiger partial charge in [-0.25, -0.2) is 0 Å². The minimum atomic E-state index is -1.18. The lowest BCUT2D eigenvalue weighted by atomic mass is 9.93. The second kappa shape index (κ2) is 7.44. The lowest BCUT2D eigenvalue weighted by Gasteiger charge is -2.15. The van der Waals surface area contributed by atoms with E-state index in [-0.39, 0.29) is 5.92 Å². The second-order valence-corrected chi connectivity index (χ2v) is 5.88. The van der Waals surface area contributed by atoms with Gasteiger partial charge in [-0.15, -0.1) is 0 Å². The molecule has 23 heavy (non-hydrogen) atoms. The van der Waals surface area contributed by atoms with Crippen molar-refractivity contribution in [2.45, 2.75) is 32.6 Å². The highest BCUT2D eigenvalue weighted by Crippen LogP contribution is 2.60. The van der Waals surface area contributed by atoms with E-state index in [4.69, 9.17) is 9.47 Å². The van der Waals surface area contributed by atoms with E-state index in [9.17, 15) is 9.59 Å². The van der Waals surface area contributed by atoms with E-state index in [0.717, 1.165) is 30.4 Å². The Morgan fingerprint density at radius 1 is 1.17 bits per heavy atom. The van der Waals surface area contributed by atoms with Crippen LogP contribution < -0.4 is 0 Å². The van der Waals surface area contributed by atoms with Gasteiger partial charge in [0, 0.05) is 5.92 Å². The highest BCUT2D eigenvalue weighted by Gasteiger charge is 2.69. The summed E-state index contributed by atoms with van der Waals surface area (Å²) in [6.07, 6.45) is 5.70. The van der Waals surface area contributed by atoms with Crippen LogP contribution in [-0.2, 0) is 19.1 Å². The summed E-state index contributed by atoms with van der Waals surface area (Å²) in [6.45, 7) is 2.14. The summed E-state index contributed by atoms with van der Waals surface area (Å²) < 4.78 is 9.75. The van der Waals surface area contributed by atoms with Gasteiger partial charge >= 0.3 is 11.9 Å². The van der Waals surface area contributed by atoms with Crippen LogP contribution in [0.1, 0.15) is 38.2 Å². The van der Waals surface area contributed by atoms with Crippen LogP contribution in [0, 0.1) is 11.3 Å². The first-order valence-electron chi connectivity index (χ1n) is 8.04. The van der Waals surface area contributed by atoms with Crippen LogP contribution >= 0.6 is 0 Å². The first kappa shape index (κ1) is 17.3. The maximum absolute atomic E-state index is 12.2. The summed E-state index contributed by atoms with van der Waals surface area (Å²) in [4.78, 5) is 24.4. The lowest BCUT2D eigenvalue weighted by molar-refractivity contribution is -0.161. The topological polar surface area (TPSA) is 52.6 Å². The molecule has 124 valence electrons. The van der Waals surface area contributed by atoms with Crippen molar-refractivity contribution in [3.63, 3.8) is 0 Å². The number of ether oxygens (including phenoxy) is 2. The summed E-state index contributed by atoms with van der Waals surface area (Å²) in [7, 11) is 2.62. The average molecular weight is 316 g/mol. The van der Waals surface area contributed by atoms with E-state index in [1.54, 1.807) is 0 Å². The summed E-state index contributed by atoms with van der Waals surface area (Å²) >= 11 is 0. The molecule has 4 heteroatoms. The Hall–Kier alpha value is -2.10. The van der Waals surface area contributed by atoms with Gasteiger partial charge in [-0.3, -0.25) is 9.59 Å². The third-order valence-electron chi connectivity index (χ3n) is 4.46. The highest BCUT2D eigenvalue weighted by molar-refractivity contribution is 6.06. The number of esters is 2. The maximum Gasteiger partial charge on any atom is 0.323 e. The van der Waals surface area contributed by atoms with Crippen LogP contribution in [0.2, 0.25) is 0 Å². The molecule has 0 radical (unpaired) electrons. The molecule has 0 N–H and O–H groups in total. The number of methoxy groups -OCH3 is 2. The molecule has 1 fully saturated rings. The fourth-order valence-corrected chi connectivity index (χ4v) is 3.09. The van der Waals surface area contributed by atoms with Crippen LogP contribution in [0.25, 0.3) is 5.57 Å². The van der Waals surface area contributed by atoms with Gasteiger partial charge in [-0.2, -0.15) is 0 Å². The first-order valence-corrected chi connectivity index (χ1v) is 8.04. The predicted molar refractivity (Wildman–Crippen MR) is 88.5 cm³/mol. The van der Waals surface area contributed by atoms with Crippen LogP contribution in [0.5, 0.6) is 0 Å². The molecule has 0 aliphatic heterocycles. The Labute approximate surface area is 137 Å². The largest absolute Gasteiger partial charge is 0.468 e. The summed E-state index contributed by atoms with van der Waals surface area (Å²) in [5, 5.41) is 0. The highest BCUT2D eigenvalue weighted by atomic mass is 16.5. The zero-order chi connectivity index (χ0) is 16.9. The van der Waals surface area contributed by atoms with Gasteiger partial charge in [0.2, 0.25) is 0 Å². The molecule has 0 heterocycles. The summed E-state index contributed by atoms with van der Waals surface area (Å²) in [5.74, 6) is -1.19. The molecule has 0 aromatic heterocycles. The van der Waals surface area contributed by atoms with E-state index >= 15 is 0 Å². The second-order valence-electron chi connectivity index (χ2n) is 5.88. The quantitative estimate of drug-likeness (QED) is 0.438. The van der Waals surface area contributed by atoms with Crippen LogP contribution in [-0.4, -0.2) is 26.2 Å². The summed E-state index contributed by atoms with van der Waals surface area (Å²) in [5.41, 5.74) is 0.898. The van der Waals surface area contributed by atoms with Crippen molar-refractivity contribution in [3.8, 4) is 0 Å². The van der Waals surface area contributed by atoms with Gasteiger partial charge in [0.05, 0.1) is 14.2 Å². The van der Waals surface area contributed by atoms with Crippen molar-refractivity contribution in [2.24, 2.45) is 11.3 Å². The number of hydrogen-bond acceptors (Lipinski definition) is 4. The van der Waals surface area contributed by atoms with Crippen LogP contribution in [0.15, 0.2) is 36.4 Å². The molecule has 1 saturated carbocycles. The zero-order valence-electron chi connectivity index (χ0n) is 14.0. The van der Waals surface area contributed by atoms with Crippen molar-refractivity contribution in [3.05, 3.63) is 42.0 Å². The third kappa shape index (κ3) is 3.31. The maximum atomic E-state index is 12.2. The van der Waals surface area contributed by atoms with Gasteiger partial charge in [-0.1, -0.05) is 56.2 Å². The molecule has 0 amide bonds. The fourth-order valence-electron chi connectivity index (χ4n) is 3.09. The molecule has 4 nitrogen and oxygen atoms in total. The SMILES string of the molecule is CCCC/C=C(\c1ccccc1)C1CC1(C(=O)OC)C(=O)OC. The molecule has 1 aromatic carbocycles. The van der Waals surface area contributed by atoms with Gasteiger partial charge in [0.15, 0.2) is 5.41 Å². The number of hydrogen-bond donors (Lipinski definition) is 0. The monoisotopic (exact) mass is 316 g/mol. The Morgan fingerprint density at radius 2 is 1.78 bits per heavy atom. The molecule has 1 unspecified atom stereocenters. The molecule has 0 spiro atoms. The standard InChI is InChI=1S/C19H24O4/c1-4-5-7-12-15(14-10-8-6-9-11-14)16-13-19(16,17(20)22-2)18(21)23-3/h6,8-12,16H,4-5,7,13H2,1-3H3/b15-12+. The van der Waals surface area contributed by atoms with E-state index in [1.807, 2.05) is 30.3 Å². The molecule has 2 rings (SSSR count). The van der Waals surface area contributed by atoms with Gasteiger partial charge in [0.1, 0.15) is 0 Å². The van der Waals surface area contributed by atoms with Crippen molar-refractivity contribution in [1.82, 2.24) is 0 Å². The van der Waals surface area contributed by atoms with E-state index in [1.165, 1.54) is 14.2 Å². The van der Waals surface area contributed by atoms with Crippen molar-refractivity contribution in [1.29, 1.82) is 0 Å². The molecule has 0 bridgehead atoms. The number of carbonyl (C=O) groups excluding carboxylic acids is 2. The van der Waals surface area contributed by atoms with Gasteiger partial charge in [-0.05, 0) is 24.0 Å². The predicted octanol–water partition coefficient (Wildman–Crippen LogP) is 3.61. The number of benzene rings is 1. The number of carbonyl (C=O) groups is 2. The Morgan fingerprint density at radius 3 is 2.30 bits per heavy atom. The van der Waals surface area contributed by atoms with Gasteiger partial charge < -0.3 is 9.47 Å². The Kier molecular flexibility index (Phi) is 5.59. The number of allylic oxidation sites excluding steroid dienone is 2. The molecule has 1 aromatic rings. The Balaban J connectivity index is 2.35. The summed E-state index contributed by atoms with van der Waals surface area (Å²) in [6, 6.07) is 9.89. The van der Waals surface area contributed by atoms with Crippen molar-refractivity contribution < 1.29 is 19.1 Å². The van der Waals surface area contributed by atoms with Gasteiger partial charge in [0.25, 0.3) is 0 Å². The molecule has 1 aliphatic carbocycles. The minimum Gasteiger partial charge on any atom is -0.468 e. The number of unbranched alkanes of at least 4 members (excludes halogenated alkanes) is 2. The average Bonchev–Trinajstić information content (AvgIpc) is 3.34. The normalized spacial score (nSPS) is 19.1. The van der Waals surface area contributed by atoms with E-state index < -0.39 is 17.4 Å². The minimum absolute atomic E-state index is 0.179. The van der Waals surface area contributed by atoms with Crippen molar-refractivity contribution >= 4 is 17.5 Å². The van der Waals surface area contributed by atoms with E-state index in [2.05, 4.69) is 13.0 Å².